The van der Waals surface area contributed by atoms with Crippen LogP contribution in [0.4, 0.5) is 0 Å². The van der Waals surface area contributed by atoms with E-state index in [4.69, 9.17) is 0 Å². The maximum absolute atomic E-state index is 13.0. The van der Waals surface area contributed by atoms with Gasteiger partial charge < -0.3 is 10.2 Å². The van der Waals surface area contributed by atoms with Crippen LogP contribution in [0.3, 0.4) is 0 Å². The smallest absolute Gasteiger partial charge is 0.240 e. The zero-order valence-electron chi connectivity index (χ0n) is 13.4. The van der Waals surface area contributed by atoms with Crippen molar-refractivity contribution in [3.8, 4) is 0 Å². The SMILES string of the molecule is O=C(C1CCCCN1)N(Cc1ccccc1)Cc1ccccc1. The van der Waals surface area contributed by atoms with Crippen LogP contribution in [-0.4, -0.2) is 23.4 Å². The van der Waals surface area contributed by atoms with Gasteiger partial charge in [-0.15, -0.1) is 0 Å². The summed E-state index contributed by atoms with van der Waals surface area (Å²) in [4.78, 5) is 15.0. The highest BCUT2D eigenvalue weighted by atomic mass is 16.2. The Labute approximate surface area is 138 Å². The minimum Gasteiger partial charge on any atom is -0.333 e. The molecule has 0 aliphatic carbocycles. The van der Waals surface area contributed by atoms with Crippen LogP contribution >= 0.6 is 0 Å². The average Bonchev–Trinajstić information content (AvgIpc) is 2.63. The molecule has 1 unspecified atom stereocenters. The molecular weight excluding hydrogens is 284 g/mol. The fourth-order valence-corrected chi connectivity index (χ4v) is 3.10. The van der Waals surface area contributed by atoms with E-state index in [0.717, 1.165) is 19.4 Å². The Morgan fingerprint density at radius 3 is 1.96 bits per heavy atom. The Bertz CT molecular complexity index is 565. The van der Waals surface area contributed by atoms with Gasteiger partial charge in [0.1, 0.15) is 0 Å². The summed E-state index contributed by atoms with van der Waals surface area (Å²) in [5, 5.41) is 3.38. The summed E-state index contributed by atoms with van der Waals surface area (Å²) in [6.45, 7) is 2.26. The van der Waals surface area contributed by atoms with Crippen LogP contribution < -0.4 is 5.32 Å². The minimum atomic E-state index is -0.0313. The standard InChI is InChI=1S/C20H24N2O/c23-20(19-13-7-8-14-21-19)22(15-17-9-3-1-4-10-17)16-18-11-5-2-6-12-18/h1-6,9-12,19,21H,7-8,13-16H2. The molecule has 23 heavy (non-hydrogen) atoms. The molecule has 3 nitrogen and oxygen atoms in total. The first-order valence-electron chi connectivity index (χ1n) is 8.43. The molecule has 2 aromatic rings. The topological polar surface area (TPSA) is 32.3 Å². The summed E-state index contributed by atoms with van der Waals surface area (Å²) in [7, 11) is 0. The monoisotopic (exact) mass is 308 g/mol. The first-order valence-corrected chi connectivity index (χ1v) is 8.43. The van der Waals surface area contributed by atoms with Crippen molar-refractivity contribution in [2.45, 2.75) is 38.4 Å². The molecule has 1 fully saturated rings. The van der Waals surface area contributed by atoms with Gasteiger partial charge in [0.05, 0.1) is 6.04 Å². The number of carbonyl (C=O) groups is 1. The van der Waals surface area contributed by atoms with E-state index in [0.29, 0.717) is 13.1 Å². The largest absolute Gasteiger partial charge is 0.333 e. The predicted molar refractivity (Wildman–Crippen MR) is 92.8 cm³/mol. The molecule has 3 rings (SSSR count). The van der Waals surface area contributed by atoms with E-state index in [1.165, 1.54) is 17.5 Å². The van der Waals surface area contributed by atoms with Gasteiger partial charge in [0.25, 0.3) is 0 Å². The van der Waals surface area contributed by atoms with Crippen LogP contribution in [0.25, 0.3) is 0 Å². The lowest BCUT2D eigenvalue weighted by Crippen LogP contribution is -2.48. The molecular formula is C20H24N2O. The zero-order chi connectivity index (χ0) is 15.9. The van der Waals surface area contributed by atoms with Crippen LogP contribution in [0, 0.1) is 0 Å². The summed E-state index contributed by atoms with van der Waals surface area (Å²) in [5.74, 6) is 0.220. The van der Waals surface area contributed by atoms with Gasteiger partial charge >= 0.3 is 0 Å². The Morgan fingerprint density at radius 1 is 0.913 bits per heavy atom. The second-order valence-corrected chi connectivity index (χ2v) is 6.17. The van der Waals surface area contributed by atoms with E-state index in [-0.39, 0.29) is 11.9 Å². The van der Waals surface area contributed by atoms with Crippen LogP contribution in [0.15, 0.2) is 60.7 Å². The van der Waals surface area contributed by atoms with E-state index in [9.17, 15) is 4.79 Å². The Kier molecular flexibility index (Phi) is 5.43. The van der Waals surface area contributed by atoms with E-state index in [1.54, 1.807) is 0 Å². The fourth-order valence-electron chi connectivity index (χ4n) is 3.10. The Morgan fingerprint density at radius 2 is 1.48 bits per heavy atom. The molecule has 1 N–H and O–H groups in total. The van der Waals surface area contributed by atoms with Gasteiger partial charge in [-0.1, -0.05) is 67.1 Å². The Hall–Kier alpha value is -2.13. The molecule has 1 amide bonds. The highest BCUT2D eigenvalue weighted by molar-refractivity contribution is 5.82. The van der Waals surface area contributed by atoms with Crippen molar-refractivity contribution in [2.75, 3.05) is 6.54 Å². The number of rotatable bonds is 5. The molecule has 1 aliphatic heterocycles. The van der Waals surface area contributed by atoms with E-state index >= 15 is 0 Å². The van der Waals surface area contributed by atoms with Crippen LogP contribution in [0.5, 0.6) is 0 Å². The summed E-state index contributed by atoms with van der Waals surface area (Å²) in [6, 6.07) is 20.4. The predicted octanol–water partition coefficient (Wildman–Crippen LogP) is 3.36. The molecule has 0 saturated carbocycles. The molecule has 0 radical (unpaired) electrons. The minimum absolute atomic E-state index is 0.0313. The van der Waals surface area contributed by atoms with Gasteiger partial charge in [-0.2, -0.15) is 0 Å². The second-order valence-electron chi connectivity index (χ2n) is 6.17. The van der Waals surface area contributed by atoms with Gasteiger partial charge in [-0.3, -0.25) is 4.79 Å². The molecule has 1 aliphatic rings. The third-order valence-electron chi connectivity index (χ3n) is 4.35. The maximum atomic E-state index is 13.0. The van der Waals surface area contributed by atoms with Gasteiger partial charge in [0.15, 0.2) is 0 Å². The van der Waals surface area contributed by atoms with Gasteiger partial charge in [0.2, 0.25) is 5.91 Å². The number of piperidine rings is 1. The van der Waals surface area contributed by atoms with Crippen molar-refractivity contribution < 1.29 is 4.79 Å². The molecule has 1 saturated heterocycles. The summed E-state index contributed by atoms with van der Waals surface area (Å²) >= 11 is 0. The zero-order valence-corrected chi connectivity index (χ0v) is 13.4. The van der Waals surface area contributed by atoms with Gasteiger partial charge in [0, 0.05) is 13.1 Å². The Balaban J connectivity index is 1.76. The fraction of sp³-hybridized carbons (Fsp3) is 0.350. The van der Waals surface area contributed by atoms with Crippen molar-refractivity contribution in [2.24, 2.45) is 0 Å². The summed E-state index contributed by atoms with van der Waals surface area (Å²) in [6.07, 6.45) is 3.24. The van der Waals surface area contributed by atoms with Crippen molar-refractivity contribution in [1.29, 1.82) is 0 Å². The van der Waals surface area contributed by atoms with Crippen LogP contribution in [0.1, 0.15) is 30.4 Å². The lowest BCUT2D eigenvalue weighted by atomic mass is 10.0. The lowest BCUT2D eigenvalue weighted by molar-refractivity contribution is -0.135. The van der Waals surface area contributed by atoms with Crippen LogP contribution in [-0.2, 0) is 17.9 Å². The third kappa shape index (κ3) is 4.42. The summed E-state index contributed by atoms with van der Waals surface area (Å²) < 4.78 is 0. The molecule has 0 bridgehead atoms. The van der Waals surface area contributed by atoms with Crippen molar-refractivity contribution in [1.82, 2.24) is 10.2 Å². The van der Waals surface area contributed by atoms with Crippen molar-refractivity contribution in [3.05, 3.63) is 71.8 Å². The number of amides is 1. The molecule has 120 valence electrons. The lowest BCUT2D eigenvalue weighted by Gasteiger charge is -2.30. The molecule has 0 aromatic heterocycles. The molecule has 1 heterocycles. The first kappa shape index (κ1) is 15.8. The number of benzene rings is 2. The number of hydrogen-bond donors (Lipinski definition) is 1. The molecule has 1 atom stereocenters. The highest BCUT2D eigenvalue weighted by Crippen LogP contribution is 2.15. The number of nitrogens with one attached hydrogen (secondary N) is 1. The van der Waals surface area contributed by atoms with Crippen molar-refractivity contribution in [3.63, 3.8) is 0 Å². The van der Waals surface area contributed by atoms with E-state index in [1.807, 2.05) is 41.3 Å². The molecule has 3 heteroatoms. The normalized spacial score (nSPS) is 17.7. The average molecular weight is 308 g/mol. The molecule has 2 aromatic carbocycles. The highest BCUT2D eigenvalue weighted by Gasteiger charge is 2.25. The maximum Gasteiger partial charge on any atom is 0.240 e. The van der Waals surface area contributed by atoms with Crippen molar-refractivity contribution >= 4 is 5.91 Å². The van der Waals surface area contributed by atoms with Crippen LogP contribution in [0.2, 0.25) is 0 Å². The quantitative estimate of drug-likeness (QED) is 0.918. The van der Waals surface area contributed by atoms with Gasteiger partial charge in [-0.05, 0) is 30.5 Å². The molecule has 0 spiro atoms. The van der Waals surface area contributed by atoms with Gasteiger partial charge in [-0.25, -0.2) is 0 Å². The number of nitrogens with zero attached hydrogens (tertiary/aromatic N) is 1. The number of carbonyl (C=O) groups excluding carboxylic acids is 1. The van der Waals surface area contributed by atoms with E-state index < -0.39 is 0 Å². The van der Waals surface area contributed by atoms with E-state index in [2.05, 4.69) is 29.6 Å². The number of hydrogen-bond acceptors (Lipinski definition) is 2. The first-order chi connectivity index (χ1) is 11.3. The second kappa shape index (κ2) is 7.93. The summed E-state index contributed by atoms with van der Waals surface area (Å²) in [5.41, 5.74) is 2.35. The third-order valence-corrected chi connectivity index (χ3v) is 4.35.